The average Bonchev–Trinajstić information content (AvgIpc) is 0.561. The molecule has 0 N–H and O–H groups in total. The van der Waals surface area contributed by atoms with Gasteiger partial charge in [-0.2, -0.15) is 0 Å². The number of nitrogens with zero attached hydrogens (tertiary/aromatic N) is 2. The molecule has 0 spiro atoms. The van der Waals surface area contributed by atoms with Crippen molar-refractivity contribution in [1.29, 1.82) is 0 Å². The van der Waals surface area contributed by atoms with Crippen LogP contribution in [0, 0.1) is 125 Å². The Morgan fingerprint density at radius 3 is 0.588 bits per heavy atom. The number of benzene rings is 18. The first kappa shape index (κ1) is 98.6. The van der Waals surface area contributed by atoms with Crippen molar-refractivity contribution in [2.45, 2.75) is 125 Å². The number of hydrogen-bond donors (Lipinski definition) is 0. The third-order valence-corrected chi connectivity index (χ3v) is 25.2. The van der Waals surface area contributed by atoms with Gasteiger partial charge in [-0.25, -0.2) is 0 Å². The molecule has 1 aromatic heterocycles. The maximum Gasteiger partial charge on any atom is 0.173 e. The minimum atomic E-state index is 0.776. The summed E-state index contributed by atoms with van der Waals surface area (Å²) in [4.78, 5) is 9.03. The zero-order valence-corrected chi connectivity index (χ0v) is 85.9. The molecule has 738 valence electrons. The standard InChI is InChI=1S/C18H16N2.8C14H12O2/c1-13-3-7-15(8-4-13)17-11-20-18(12-19-17)16-9-5-14(2)6-10-16;1-9-3-5-11-13(7-9)15-12-6-4-10(2)8-14(12)16-11;1-9-3-5-11-13(7-9)16-14-8-10(2)4-6-12(14)15-11;1-9-5-3-7-11-13(9)15-12-8-4-6-10(2)14(12)16-11;1-9-5-3-7-11-13(9)16-14-10(2)6-4-8-12(14)15-11;1-9-6-7-11-13(8-9)15-12-5-3-4-10(2)14(12)16-11;1-9-6-7-11-13(8-9)16-14-10(2)4-3-5-12(14)15-11;1-9-7-13-14(8-10(9)2)16-12-6-4-3-5-11(12)15-13;1-9-7-8-10(2)14-13(9)15-11-5-3-4-6-12(11)16-14/h3-12H,1-2H3;8*3-8H,1-2H3. The van der Waals surface area contributed by atoms with Gasteiger partial charge >= 0.3 is 0 Å². The summed E-state index contributed by atoms with van der Waals surface area (Å²) in [6.45, 7) is 36.7. The SMILES string of the molecule is Cc1cc2c(cc1C)Oc1ccccc1O2.Cc1ccc(-c2cnc(-c3ccc(C)cc3)cn2)cc1.Cc1ccc(C)c2c1Oc1ccccc1O2.Cc1ccc2c(c1)Oc1c(C)cccc1O2.Cc1ccc2c(c1)Oc1cc(C)ccc1O2.Cc1ccc2c(c1)Oc1ccc(C)cc1O2.Cc1ccc2c(c1)Oc1cccc(C)c1O2.Cc1cccc2c1Oc1c(C)cccc1O2.Cc1cccc2c1Oc1cccc(C)c1O2. The molecule has 8 aliphatic rings. The highest BCUT2D eigenvalue weighted by molar-refractivity contribution is 5.69. The second-order valence-electron chi connectivity index (χ2n) is 37.4. The number of aromatic nitrogens is 2. The Morgan fingerprint density at radius 1 is 0.122 bits per heavy atom. The van der Waals surface area contributed by atoms with E-state index in [0.717, 1.165) is 262 Å². The van der Waals surface area contributed by atoms with Gasteiger partial charge in [-0.05, 0) is 359 Å². The Bertz CT molecular complexity index is 7760. The van der Waals surface area contributed by atoms with E-state index in [1.165, 1.54) is 44.5 Å². The van der Waals surface area contributed by atoms with E-state index in [1.807, 2.05) is 401 Å². The zero-order chi connectivity index (χ0) is 103. The predicted molar refractivity (Wildman–Crippen MR) is 582 cm³/mol. The van der Waals surface area contributed by atoms with E-state index in [9.17, 15) is 0 Å². The van der Waals surface area contributed by atoms with Crippen LogP contribution in [0.3, 0.4) is 0 Å². The van der Waals surface area contributed by atoms with Gasteiger partial charge in [0.1, 0.15) is 0 Å². The van der Waals surface area contributed by atoms with Gasteiger partial charge in [-0.1, -0.05) is 205 Å². The number of rotatable bonds is 2. The lowest BCUT2D eigenvalue weighted by atomic mass is 10.1. The van der Waals surface area contributed by atoms with Crippen molar-refractivity contribution >= 4 is 0 Å². The molecule has 0 amide bonds. The number of fused-ring (bicyclic) bond motifs is 16. The lowest BCUT2D eigenvalue weighted by Gasteiger charge is -2.23. The van der Waals surface area contributed by atoms with Gasteiger partial charge in [0.25, 0.3) is 0 Å². The first-order chi connectivity index (χ1) is 71.6. The largest absolute Gasteiger partial charge is 0.450 e. The second kappa shape index (κ2) is 43.6. The van der Waals surface area contributed by atoms with Crippen molar-refractivity contribution < 1.29 is 75.8 Å². The summed E-state index contributed by atoms with van der Waals surface area (Å²) in [6, 6.07) is 111. The fourth-order valence-electron chi connectivity index (χ4n) is 16.8. The summed E-state index contributed by atoms with van der Waals surface area (Å²) < 4.78 is 93.2. The van der Waals surface area contributed by atoms with Crippen LogP contribution in [0.25, 0.3) is 22.5 Å². The number of ether oxygens (including phenoxy) is 16. The molecule has 18 aromatic carbocycles. The van der Waals surface area contributed by atoms with Gasteiger partial charge in [0.15, 0.2) is 184 Å². The van der Waals surface area contributed by atoms with Crippen LogP contribution in [-0.2, 0) is 0 Å². The second-order valence-corrected chi connectivity index (χ2v) is 37.4. The van der Waals surface area contributed by atoms with E-state index in [-0.39, 0.29) is 0 Å². The summed E-state index contributed by atoms with van der Waals surface area (Å²) in [5.41, 5.74) is 24.6. The molecular formula is C130H112N2O16. The lowest BCUT2D eigenvalue weighted by molar-refractivity contribution is 0.355. The van der Waals surface area contributed by atoms with Crippen molar-refractivity contribution in [2.75, 3.05) is 0 Å². The van der Waals surface area contributed by atoms with E-state index >= 15 is 0 Å². The molecule has 0 bridgehead atoms. The number of hydrogen-bond acceptors (Lipinski definition) is 18. The zero-order valence-electron chi connectivity index (χ0n) is 85.9. The van der Waals surface area contributed by atoms with Crippen LogP contribution in [-0.4, -0.2) is 9.97 Å². The molecule has 18 heteroatoms. The van der Waals surface area contributed by atoms with Crippen LogP contribution < -0.4 is 75.8 Å². The molecule has 0 radical (unpaired) electrons. The van der Waals surface area contributed by atoms with Crippen LogP contribution in [0.15, 0.2) is 352 Å². The Labute approximate surface area is 863 Å². The van der Waals surface area contributed by atoms with Crippen LogP contribution in [0.2, 0.25) is 0 Å². The molecule has 0 saturated heterocycles. The van der Waals surface area contributed by atoms with Crippen LogP contribution in [0.5, 0.6) is 184 Å². The van der Waals surface area contributed by atoms with E-state index < -0.39 is 0 Å². The Balaban J connectivity index is 0.000000105. The quantitative estimate of drug-likeness (QED) is 0.160. The summed E-state index contributed by atoms with van der Waals surface area (Å²) in [5.74, 6) is 25.5. The van der Waals surface area contributed by atoms with Crippen molar-refractivity contribution in [1.82, 2.24) is 9.97 Å². The maximum absolute atomic E-state index is 5.91. The molecule has 8 aliphatic heterocycles. The van der Waals surface area contributed by atoms with E-state index in [1.54, 1.807) is 0 Å². The smallest absolute Gasteiger partial charge is 0.173 e. The Kier molecular flexibility index (Phi) is 29.0. The first-order valence-electron chi connectivity index (χ1n) is 49.1. The topological polar surface area (TPSA) is 173 Å². The molecule has 0 aliphatic carbocycles. The highest BCUT2D eigenvalue weighted by atomic mass is 16.6. The predicted octanol–water partition coefficient (Wildman–Crippen LogP) is 38.0. The monoisotopic (exact) mass is 1960 g/mol. The lowest BCUT2D eigenvalue weighted by Crippen LogP contribution is -2.01. The highest BCUT2D eigenvalue weighted by Crippen LogP contribution is 2.56. The minimum absolute atomic E-state index is 0.776. The molecule has 19 aromatic rings. The Morgan fingerprint density at radius 2 is 0.297 bits per heavy atom. The van der Waals surface area contributed by atoms with Gasteiger partial charge in [-0.3, -0.25) is 9.97 Å². The number of aryl methyl sites for hydroxylation is 18. The summed E-state index contributed by atoms with van der Waals surface area (Å²) in [7, 11) is 0. The molecule has 0 saturated carbocycles. The fourth-order valence-corrected chi connectivity index (χ4v) is 16.8. The van der Waals surface area contributed by atoms with Crippen molar-refractivity contribution in [2.24, 2.45) is 0 Å². The molecule has 0 atom stereocenters. The molecule has 9 heterocycles. The van der Waals surface area contributed by atoms with E-state index in [0.29, 0.717) is 0 Å². The normalized spacial score (nSPS) is 11.9. The molecule has 0 fully saturated rings. The highest BCUT2D eigenvalue weighted by Gasteiger charge is 2.29. The molecule has 18 nitrogen and oxygen atoms in total. The van der Waals surface area contributed by atoms with Crippen molar-refractivity contribution in [3.8, 4) is 206 Å². The minimum Gasteiger partial charge on any atom is -0.450 e. The summed E-state index contributed by atoms with van der Waals surface area (Å²) in [6.07, 6.45) is 3.67. The molecule has 27 rings (SSSR count). The van der Waals surface area contributed by atoms with Gasteiger partial charge in [0.2, 0.25) is 0 Å². The fraction of sp³-hybridized carbons (Fsp3) is 0.138. The third kappa shape index (κ3) is 22.7. The van der Waals surface area contributed by atoms with Gasteiger partial charge in [0.05, 0.1) is 23.8 Å². The molecule has 148 heavy (non-hydrogen) atoms. The van der Waals surface area contributed by atoms with Crippen LogP contribution in [0.1, 0.15) is 100 Å². The average molecular weight is 1960 g/mol. The molecular weight excluding hydrogens is 1850 g/mol. The number of para-hydroxylation sites is 10. The summed E-state index contributed by atoms with van der Waals surface area (Å²) in [5, 5.41) is 0. The van der Waals surface area contributed by atoms with Gasteiger partial charge in [-0.15, -0.1) is 0 Å². The van der Waals surface area contributed by atoms with Gasteiger partial charge in [0, 0.05) is 11.1 Å². The van der Waals surface area contributed by atoms with Crippen molar-refractivity contribution in [3.05, 3.63) is 452 Å². The van der Waals surface area contributed by atoms with E-state index in [2.05, 4.69) is 86.2 Å². The van der Waals surface area contributed by atoms with Crippen LogP contribution >= 0.6 is 0 Å². The summed E-state index contributed by atoms with van der Waals surface area (Å²) >= 11 is 0. The first-order valence-corrected chi connectivity index (χ1v) is 49.1. The van der Waals surface area contributed by atoms with Crippen molar-refractivity contribution in [3.63, 3.8) is 0 Å². The van der Waals surface area contributed by atoms with Gasteiger partial charge < -0.3 is 75.8 Å². The maximum atomic E-state index is 5.91. The van der Waals surface area contributed by atoms with Crippen LogP contribution in [0.4, 0.5) is 0 Å². The van der Waals surface area contributed by atoms with E-state index in [4.69, 9.17) is 75.8 Å². The molecule has 0 unspecified atom stereocenters. The Hall–Kier alpha value is -18.2. The third-order valence-electron chi connectivity index (χ3n) is 25.2.